The van der Waals surface area contributed by atoms with E-state index in [1.807, 2.05) is 12.1 Å². The average molecular weight is 244 g/mol. The van der Waals surface area contributed by atoms with Gasteiger partial charge in [-0.05, 0) is 67.8 Å². The van der Waals surface area contributed by atoms with Crippen molar-refractivity contribution in [1.82, 2.24) is 0 Å². The summed E-state index contributed by atoms with van der Waals surface area (Å²) in [6.07, 6.45) is 7.86. The summed E-state index contributed by atoms with van der Waals surface area (Å²) in [4.78, 5) is 0. The van der Waals surface area contributed by atoms with Gasteiger partial charge in [0.15, 0.2) is 11.5 Å². The van der Waals surface area contributed by atoms with Gasteiger partial charge in [0.25, 0.3) is 0 Å². The molecule has 18 heavy (non-hydrogen) atoms. The van der Waals surface area contributed by atoms with Crippen LogP contribution < -0.4 is 0 Å². The Hall–Kier alpha value is -1.18. The summed E-state index contributed by atoms with van der Waals surface area (Å²) in [5, 5.41) is 20.0. The minimum absolute atomic E-state index is 0.0447. The molecule has 4 fully saturated rings. The molecule has 2 nitrogen and oxygen atoms in total. The Morgan fingerprint density at radius 1 is 0.889 bits per heavy atom. The second-order valence-corrected chi connectivity index (χ2v) is 6.87. The quantitative estimate of drug-likeness (QED) is 0.741. The van der Waals surface area contributed by atoms with Crippen molar-refractivity contribution in [2.75, 3.05) is 0 Å². The highest BCUT2D eigenvalue weighted by molar-refractivity contribution is 5.49. The number of phenols is 2. The molecular weight excluding hydrogens is 224 g/mol. The van der Waals surface area contributed by atoms with E-state index in [2.05, 4.69) is 0 Å². The van der Waals surface area contributed by atoms with Crippen LogP contribution in [0.25, 0.3) is 0 Å². The van der Waals surface area contributed by atoms with Crippen LogP contribution in [0.15, 0.2) is 18.2 Å². The number of hydrogen-bond acceptors (Lipinski definition) is 2. The Kier molecular flexibility index (Phi) is 2.04. The predicted molar refractivity (Wildman–Crippen MR) is 69.6 cm³/mol. The second-order valence-electron chi connectivity index (χ2n) is 6.87. The van der Waals surface area contributed by atoms with Crippen LogP contribution in [0, 0.1) is 17.8 Å². The zero-order valence-electron chi connectivity index (χ0n) is 10.6. The number of phenolic OH excluding ortho intramolecular Hbond substituents is 2. The Bertz CT molecular complexity index is 457. The first kappa shape index (κ1) is 10.7. The molecule has 4 bridgehead atoms. The molecule has 0 aromatic heterocycles. The van der Waals surface area contributed by atoms with E-state index in [4.69, 9.17) is 0 Å². The van der Waals surface area contributed by atoms with Gasteiger partial charge in [-0.15, -0.1) is 0 Å². The summed E-state index contributed by atoms with van der Waals surface area (Å²) in [5.41, 5.74) is 1.18. The zero-order valence-corrected chi connectivity index (χ0v) is 10.6. The van der Waals surface area contributed by atoms with Crippen molar-refractivity contribution in [2.45, 2.75) is 43.9 Å². The molecule has 1 aromatic carbocycles. The molecule has 4 aliphatic carbocycles. The summed E-state index contributed by atoms with van der Waals surface area (Å²) in [7, 11) is 0. The van der Waals surface area contributed by atoms with Crippen molar-refractivity contribution >= 4 is 0 Å². The van der Waals surface area contributed by atoms with Crippen molar-refractivity contribution in [2.24, 2.45) is 17.8 Å². The lowest BCUT2D eigenvalue weighted by molar-refractivity contribution is -0.00626. The van der Waals surface area contributed by atoms with Crippen molar-refractivity contribution in [3.8, 4) is 11.5 Å². The van der Waals surface area contributed by atoms with Crippen LogP contribution in [0.1, 0.15) is 44.1 Å². The summed E-state index contributed by atoms with van der Waals surface area (Å²) >= 11 is 0. The first-order valence-corrected chi connectivity index (χ1v) is 7.18. The van der Waals surface area contributed by atoms with Gasteiger partial charge in [-0.25, -0.2) is 0 Å². The molecule has 2 N–H and O–H groups in total. The maximum absolute atomic E-state index is 10.2. The van der Waals surface area contributed by atoms with E-state index in [1.165, 1.54) is 38.5 Å². The first-order valence-electron chi connectivity index (χ1n) is 7.18. The standard InChI is InChI=1S/C16H20O2/c17-14-3-1-2-13(15(14)18)16-7-10-4-11(8-16)6-12(5-10)9-16/h1-3,10-12,17-18H,4-9H2. The van der Waals surface area contributed by atoms with Gasteiger partial charge in [-0.3, -0.25) is 0 Å². The van der Waals surface area contributed by atoms with Gasteiger partial charge in [0.05, 0.1) is 0 Å². The number of rotatable bonds is 1. The fourth-order valence-electron chi connectivity index (χ4n) is 5.40. The monoisotopic (exact) mass is 244 g/mol. The maximum atomic E-state index is 10.2. The van der Waals surface area contributed by atoms with Gasteiger partial charge < -0.3 is 10.2 Å². The van der Waals surface area contributed by atoms with Crippen molar-refractivity contribution < 1.29 is 10.2 Å². The van der Waals surface area contributed by atoms with Crippen LogP contribution in [0.4, 0.5) is 0 Å². The third-order valence-electron chi connectivity index (χ3n) is 5.62. The average Bonchev–Trinajstić information content (AvgIpc) is 2.30. The molecule has 0 radical (unpaired) electrons. The molecule has 0 unspecified atom stereocenters. The van der Waals surface area contributed by atoms with Gasteiger partial charge in [0.2, 0.25) is 0 Å². The molecule has 96 valence electrons. The summed E-state index contributed by atoms with van der Waals surface area (Å²) < 4.78 is 0. The van der Waals surface area contributed by atoms with E-state index in [0.717, 1.165) is 23.3 Å². The molecule has 0 atom stereocenters. The minimum Gasteiger partial charge on any atom is -0.504 e. The minimum atomic E-state index is 0.0447. The van der Waals surface area contributed by atoms with Crippen molar-refractivity contribution in [3.05, 3.63) is 23.8 Å². The molecule has 1 aromatic rings. The SMILES string of the molecule is Oc1cccc(C23CC4CC(CC(C4)C2)C3)c1O. The van der Waals surface area contributed by atoms with Gasteiger partial charge >= 0.3 is 0 Å². The Morgan fingerprint density at radius 2 is 1.44 bits per heavy atom. The van der Waals surface area contributed by atoms with Crippen LogP contribution in [0.5, 0.6) is 11.5 Å². The van der Waals surface area contributed by atoms with Gasteiger partial charge in [0, 0.05) is 5.56 Å². The highest BCUT2D eigenvalue weighted by Crippen LogP contribution is 2.62. The molecule has 0 spiro atoms. The topological polar surface area (TPSA) is 40.5 Å². The zero-order chi connectivity index (χ0) is 12.3. The molecule has 2 heteroatoms. The van der Waals surface area contributed by atoms with E-state index in [9.17, 15) is 10.2 Å². The van der Waals surface area contributed by atoms with Crippen LogP contribution in [-0.4, -0.2) is 10.2 Å². The lowest BCUT2D eigenvalue weighted by Gasteiger charge is -2.57. The maximum Gasteiger partial charge on any atom is 0.161 e. The van der Waals surface area contributed by atoms with Crippen LogP contribution in [0.2, 0.25) is 0 Å². The van der Waals surface area contributed by atoms with Crippen molar-refractivity contribution in [3.63, 3.8) is 0 Å². The lowest BCUT2D eigenvalue weighted by atomic mass is 9.48. The summed E-state index contributed by atoms with van der Waals surface area (Å²) in [5.74, 6) is 2.76. The fourth-order valence-corrected chi connectivity index (χ4v) is 5.40. The molecule has 4 saturated carbocycles. The number of para-hydroxylation sites is 1. The third-order valence-corrected chi connectivity index (χ3v) is 5.62. The lowest BCUT2D eigenvalue weighted by Crippen LogP contribution is -2.48. The van der Waals surface area contributed by atoms with Crippen LogP contribution >= 0.6 is 0 Å². The van der Waals surface area contributed by atoms with E-state index in [-0.39, 0.29) is 16.9 Å². The van der Waals surface area contributed by atoms with Gasteiger partial charge in [-0.1, -0.05) is 12.1 Å². The highest BCUT2D eigenvalue weighted by Gasteiger charge is 2.52. The smallest absolute Gasteiger partial charge is 0.161 e. The first-order chi connectivity index (χ1) is 8.66. The molecule has 5 rings (SSSR count). The molecule has 0 amide bonds. The Balaban J connectivity index is 1.81. The Labute approximate surface area is 108 Å². The Morgan fingerprint density at radius 3 is 2.00 bits per heavy atom. The predicted octanol–water partition coefficient (Wildman–Crippen LogP) is 3.57. The molecule has 0 heterocycles. The summed E-state index contributed by atoms with van der Waals surface area (Å²) in [6.45, 7) is 0. The highest BCUT2D eigenvalue weighted by atomic mass is 16.3. The molecule has 4 aliphatic rings. The summed E-state index contributed by atoms with van der Waals surface area (Å²) in [6, 6.07) is 5.49. The number of aromatic hydroxyl groups is 2. The molecule has 0 saturated heterocycles. The van der Waals surface area contributed by atoms with Gasteiger partial charge in [0.1, 0.15) is 0 Å². The molecular formula is C16H20O2. The normalized spacial score (nSPS) is 41.2. The van der Waals surface area contributed by atoms with E-state index >= 15 is 0 Å². The number of benzene rings is 1. The fraction of sp³-hybridized carbons (Fsp3) is 0.625. The third kappa shape index (κ3) is 1.35. The van der Waals surface area contributed by atoms with E-state index in [0.29, 0.717) is 0 Å². The van der Waals surface area contributed by atoms with Crippen LogP contribution in [0.3, 0.4) is 0 Å². The largest absolute Gasteiger partial charge is 0.504 e. The van der Waals surface area contributed by atoms with E-state index < -0.39 is 0 Å². The molecule has 0 aliphatic heterocycles. The second kappa shape index (κ2) is 3.43. The van der Waals surface area contributed by atoms with Crippen LogP contribution in [-0.2, 0) is 5.41 Å². The number of hydrogen-bond donors (Lipinski definition) is 2. The van der Waals surface area contributed by atoms with E-state index in [1.54, 1.807) is 6.07 Å². The van der Waals surface area contributed by atoms with Gasteiger partial charge in [-0.2, -0.15) is 0 Å². The van der Waals surface area contributed by atoms with Crippen molar-refractivity contribution in [1.29, 1.82) is 0 Å².